The van der Waals surface area contributed by atoms with Gasteiger partial charge in [0.25, 0.3) is 0 Å². The molecule has 0 aromatic heterocycles. The van der Waals surface area contributed by atoms with Crippen molar-refractivity contribution in [1.29, 1.82) is 0 Å². The van der Waals surface area contributed by atoms with Crippen molar-refractivity contribution >= 4 is 11.8 Å². The maximum absolute atomic E-state index is 12.7. The van der Waals surface area contributed by atoms with Crippen LogP contribution in [0.15, 0.2) is 23.3 Å². The fourth-order valence-corrected chi connectivity index (χ4v) is 10.4. The summed E-state index contributed by atoms with van der Waals surface area (Å²) in [6, 6.07) is 5.93. The van der Waals surface area contributed by atoms with Gasteiger partial charge in [0.2, 0.25) is 0 Å². The quantitative estimate of drug-likeness (QED) is 0.141. The first kappa shape index (κ1) is 29.2. The Morgan fingerprint density at radius 2 is 1.73 bits per heavy atom. The summed E-state index contributed by atoms with van der Waals surface area (Å²) in [4.78, 5) is 28.5. The van der Waals surface area contributed by atoms with E-state index >= 15 is 0 Å². The third kappa shape index (κ3) is 5.22. The van der Waals surface area contributed by atoms with Gasteiger partial charge in [-0.25, -0.2) is 4.79 Å². The lowest BCUT2D eigenvalue weighted by molar-refractivity contribution is -0.123. The van der Waals surface area contributed by atoms with Crippen molar-refractivity contribution in [1.82, 2.24) is 0 Å². The van der Waals surface area contributed by atoms with Crippen LogP contribution < -0.4 is 0 Å². The van der Waals surface area contributed by atoms with Crippen molar-refractivity contribution in [3.05, 3.63) is 45.3 Å². The second-order valence-electron chi connectivity index (χ2n) is 14.4. The maximum atomic E-state index is 12.7. The molecule has 5 rings (SSSR count). The number of rotatable bonds is 8. The van der Waals surface area contributed by atoms with E-state index in [1.165, 1.54) is 44.9 Å². The van der Waals surface area contributed by atoms with Gasteiger partial charge in [0.1, 0.15) is 6.61 Å². The topological polar surface area (TPSA) is 92.1 Å². The van der Waals surface area contributed by atoms with Crippen LogP contribution in [0, 0.1) is 60.2 Å². The first-order chi connectivity index (χ1) is 19.1. The number of ketones is 1. The van der Waals surface area contributed by atoms with Gasteiger partial charge in [0.15, 0.2) is 5.78 Å². The number of Topliss-reactive ketones (excluding diaryl/α,β-unsaturated/α-hetero) is 1. The molecule has 218 valence electrons. The van der Waals surface area contributed by atoms with E-state index in [0.717, 1.165) is 48.1 Å². The number of aryl methyl sites for hydroxylation is 2. The van der Waals surface area contributed by atoms with E-state index in [0.29, 0.717) is 40.6 Å². The Hall–Kier alpha value is -2.33. The van der Waals surface area contributed by atoms with E-state index in [9.17, 15) is 9.59 Å². The zero-order valence-corrected chi connectivity index (χ0v) is 25.3. The number of azide groups is 1. The summed E-state index contributed by atoms with van der Waals surface area (Å²) in [7, 11) is 0. The fourth-order valence-electron chi connectivity index (χ4n) is 10.4. The van der Waals surface area contributed by atoms with Crippen molar-refractivity contribution in [2.75, 3.05) is 6.61 Å². The molecule has 0 amide bonds. The van der Waals surface area contributed by atoms with Crippen LogP contribution in [0.1, 0.15) is 113 Å². The second kappa shape index (κ2) is 11.5. The molecule has 40 heavy (non-hydrogen) atoms. The summed E-state index contributed by atoms with van der Waals surface area (Å²) >= 11 is 0. The number of fused-ring (bicyclic) bond motifs is 5. The van der Waals surface area contributed by atoms with Gasteiger partial charge in [-0.1, -0.05) is 44.1 Å². The smallest absolute Gasteiger partial charge is 0.339 e. The van der Waals surface area contributed by atoms with Gasteiger partial charge in [0, 0.05) is 17.4 Å². The molecule has 9 atom stereocenters. The Bertz CT molecular complexity index is 1150. The number of esters is 1. The molecule has 4 saturated carbocycles. The maximum Gasteiger partial charge on any atom is 0.339 e. The number of hydrogen-bond acceptors (Lipinski definition) is 4. The Morgan fingerprint density at radius 3 is 2.45 bits per heavy atom. The standard InChI is InChI=1S/C34H49N3O3/c1-21(9-11-26(38)20-40-32(39)31-22(2)7-6-8-23(31)3)28-13-14-29-27-12-10-24-19-25(36-37-35)15-17-33(24,4)30(27)16-18-34(28,29)5/h6-8,21,24-25,27-30H,9-20H2,1-5H3/t21-,24?,25?,27+,28-,29+,30+,33+,34-/m1/s1. The minimum atomic E-state index is -0.394. The highest BCUT2D eigenvalue weighted by atomic mass is 16.5. The number of carbonyl (C=O) groups is 2. The Labute approximate surface area is 240 Å². The third-order valence-electron chi connectivity index (χ3n) is 12.5. The first-order valence-electron chi connectivity index (χ1n) is 15.9. The molecule has 4 aliphatic carbocycles. The summed E-state index contributed by atoms with van der Waals surface area (Å²) in [6.45, 7) is 11.2. The Kier molecular flexibility index (Phi) is 8.39. The highest BCUT2D eigenvalue weighted by Crippen LogP contribution is 2.68. The van der Waals surface area contributed by atoms with Gasteiger partial charge < -0.3 is 4.74 Å². The van der Waals surface area contributed by atoms with Gasteiger partial charge in [-0.2, -0.15) is 0 Å². The average molecular weight is 548 g/mol. The van der Waals surface area contributed by atoms with Crippen LogP contribution in [-0.2, 0) is 9.53 Å². The highest BCUT2D eigenvalue weighted by Gasteiger charge is 2.60. The number of benzene rings is 1. The van der Waals surface area contributed by atoms with E-state index in [2.05, 4.69) is 30.8 Å². The molecular weight excluding hydrogens is 498 g/mol. The predicted octanol–water partition coefficient (Wildman–Crippen LogP) is 8.78. The van der Waals surface area contributed by atoms with E-state index in [1.807, 2.05) is 32.0 Å². The summed E-state index contributed by atoms with van der Waals surface area (Å²) in [6.07, 6.45) is 12.6. The summed E-state index contributed by atoms with van der Waals surface area (Å²) in [5, 5.41) is 4.11. The number of nitrogens with zero attached hydrogens (tertiary/aromatic N) is 3. The fraction of sp³-hybridized carbons (Fsp3) is 0.765. The van der Waals surface area contributed by atoms with E-state index < -0.39 is 5.97 Å². The minimum Gasteiger partial charge on any atom is -0.454 e. The lowest BCUT2D eigenvalue weighted by Crippen LogP contribution is -2.54. The average Bonchev–Trinajstić information content (AvgIpc) is 3.28. The van der Waals surface area contributed by atoms with E-state index in [4.69, 9.17) is 10.3 Å². The largest absolute Gasteiger partial charge is 0.454 e. The van der Waals surface area contributed by atoms with Crippen molar-refractivity contribution in [2.24, 2.45) is 51.5 Å². The predicted molar refractivity (Wildman–Crippen MR) is 158 cm³/mol. The Balaban J connectivity index is 1.16. The molecule has 0 saturated heterocycles. The lowest BCUT2D eigenvalue weighted by atomic mass is 9.44. The van der Waals surface area contributed by atoms with Crippen LogP contribution in [0.3, 0.4) is 0 Å². The van der Waals surface area contributed by atoms with Crippen LogP contribution in [0.2, 0.25) is 0 Å². The molecule has 1 aromatic rings. The highest BCUT2D eigenvalue weighted by molar-refractivity contribution is 5.94. The van der Waals surface area contributed by atoms with Crippen molar-refractivity contribution < 1.29 is 14.3 Å². The molecule has 1 aromatic carbocycles. The summed E-state index contributed by atoms with van der Waals surface area (Å²) in [5.74, 6) is 3.91. The molecule has 4 aliphatic rings. The van der Waals surface area contributed by atoms with Crippen LogP contribution in [0.4, 0.5) is 0 Å². The SMILES string of the molecule is Cc1cccc(C)c1C(=O)OCC(=O)CC[C@@H](C)[C@H]1CC[C@H]2[C@@H]3CCC4CC(N=[N+]=[N-])CC[C@]4(C)[C@H]3CC[C@]12C. The summed E-state index contributed by atoms with van der Waals surface area (Å²) < 4.78 is 5.44. The van der Waals surface area contributed by atoms with Crippen LogP contribution >= 0.6 is 0 Å². The third-order valence-corrected chi connectivity index (χ3v) is 12.5. The van der Waals surface area contributed by atoms with Crippen molar-refractivity contribution in [3.63, 3.8) is 0 Å². The molecule has 0 bridgehead atoms. The molecule has 0 N–H and O–H groups in total. The first-order valence-corrected chi connectivity index (χ1v) is 15.9. The molecular formula is C34H49N3O3. The normalized spacial score (nSPS) is 37.3. The lowest BCUT2D eigenvalue weighted by Gasteiger charge is -2.61. The zero-order chi connectivity index (χ0) is 28.7. The van der Waals surface area contributed by atoms with Gasteiger partial charge in [-0.3, -0.25) is 4.79 Å². The number of ether oxygens (including phenoxy) is 1. The molecule has 2 unspecified atom stereocenters. The van der Waals surface area contributed by atoms with Gasteiger partial charge in [-0.05, 0) is 141 Å². The molecule has 0 heterocycles. The molecule has 0 radical (unpaired) electrons. The molecule has 4 fully saturated rings. The molecule has 6 heteroatoms. The second-order valence-corrected chi connectivity index (χ2v) is 14.4. The van der Waals surface area contributed by atoms with Gasteiger partial charge in [-0.15, -0.1) is 0 Å². The zero-order valence-electron chi connectivity index (χ0n) is 25.3. The van der Waals surface area contributed by atoms with Crippen LogP contribution in [0.25, 0.3) is 10.4 Å². The van der Waals surface area contributed by atoms with Gasteiger partial charge >= 0.3 is 5.97 Å². The molecule has 0 spiro atoms. The molecule has 6 nitrogen and oxygen atoms in total. The van der Waals surface area contributed by atoms with Crippen LogP contribution in [0.5, 0.6) is 0 Å². The summed E-state index contributed by atoms with van der Waals surface area (Å²) in [5.41, 5.74) is 12.1. The molecule has 0 aliphatic heterocycles. The number of hydrogen-bond donors (Lipinski definition) is 0. The Morgan fingerprint density at radius 1 is 1.02 bits per heavy atom. The monoisotopic (exact) mass is 547 g/mol. The van der Waals surface area contributed by atoms with E-state index in [-0.39, 0.29) is 18.4 Å². The van der Waals surface area contributed by atoms with Crippen molar-refractivity contribution in [2.45, 2.75) is 111 Å². The van der Waals surface area contributed by atoms with Crippen molar-refractivity contribution in [3.8, 4) is 0 Å². The number of carbonyl (C=O) groups excluding carboxylic acids is 2. The van der Waals surface area contributed by atoms with Crippen LogP contribution in [-0.4, -0.2) is 24.4 Å². The minimum absolute atomic E-state index is 0.0254. The van der Waals surface area contributed by atoms with Gasteiger partial charge in [0.05, 0.1) is 5.56 Å². The van der Waals surface area contributed by atoms with E-state index in [1.54, 1.807) is 0 Å².